The first-order chi connectivity index (χ1) is 9.00. The summed E-state index contributed by atoms with van der Waals surface area (Å²) in [6.07, 6.45) is -1.20. The highest BCUT2D eigenvalue weighted by molar-refractivity contribution is 6.36. The zero-order chi connectivity index (χ0) is 14.0. The second kappa shape index (κ2) is 5.87. The fourth-order valence-corrected chi connectivity index (χ4v) is 2.49. The molecule has 2 aromatic carbocycles. The zero-order valence-electron chi connectivity index (χ0n) is 9.71. The summed E-state index contributed by atoms with van der Waals surface area (Å²) in [6, 6.07) is 8.61. The van der Waals surface area contributed by atoms with Crippen LogP contribution < -0.4 is 0 Å². The van der Waals surface area contributed by atoms with Crippen LogP contribution in [0.25, 0.3) is 0 Å². The molecule has 19 heavy (non-hydrogen) atoms. The summed E-state index contributed by atoms with van der Waals surface area (Å²) < 4.78 is 26.6. The van der Waals surface area contributed by atoms with Crippen molar-refractivity contribution in [2.45, 2.75) is 12.5 Å². The van der Waals surface area contributed by atoms with E-state index >= 15 is 0 Å². The molecule has 1 N–H and O–H groups in total. The Morgan fingerprint density at radius 3 is 2.21 bits per heavy atom. The molecular weight excluding hydrogens is 293 g/mol. The summed E-state index contributed by atoms with van der Waals surface area (Å²) in [6.45, 7) is 0. The van der Waals surface area contributed by atoms with Crippen molar-refractivity contribution in [3.8, 4) is 0 Å². The van der Waals surface area contributed by atoms with Crippen molar-refractivity contribution in [3.05, 3.63) is 69.2 Å². The van der Waals surface area contributed by atoms with E-state index in [0.717, 1.165) is 6.07 Å². The molecule has 100 valence electrons. The lowest BCUT2D eigenvalue weighted by atomic mass is 10.0. The highest BCUT2D eigenvalue weighted by Gasteiger charge is 2.18. The zero-order valence-corrected chi connectivity index (χ0v) is 11.2. The molecule has 0 aliphatic heterocycles. The number of aliphatic hydroxyl groups excluding tert-OH is 1. The van der Waals surface area contributed by atoms with E-state index in [-0.39, 0.29) is 22.0 Å². The lowest BCUT2D eigenvalue weighted by Gasteiger charge is -2.15. The smallest absolute Gasteiger partial charge is 0.162 e. The molecule has 5 heteroatoms. The van der Waals surface area contributed by atoms with Crippen molar-refractivity contribution in [3.63, 3.8) is 0 Å². The molecule has 1 unspecified atom stereocenters. The number of benzene rings is 2. The van der Waals surface area contributed by atoms with E-state index in [4.69, 9.17) is 23.2 Å². The maximum absolute atomic E-state index is 13.5. The van der Waals surface area contributed by atoms with Crippen LogP contribution in [0.5, 0.6) is 0 Å². The Morgan fingerprint density at radius 1 is 1.00 bits per heavy atom. The molecule has 1 atom stereocenters. The van der Waals surface area contributed by atoms with Crippen LogP contribution in [0.1, 0.15) is 17.2 Å². The van der Waals surface area contributed by atoms with Crippen LogP contribution in [0.2, 0.25) is 10.0 Å². The average molecular weight is 303 g/mol. The number of hydrogen-bond donors (Lipinski definition) is 1. The first-order valence-corrected chi connectivity index (χ1v) is 6.31. The summed E-state index contributed by atoms with van der Waals surface area (Å²) in [7, 11) is 0. The third-order valence-electron chi connectivity index (χ3n) is 2.78. The fraction of sp³-hybridized carbons (Fsp3) is 0.143. The van der Waals surface area contributed by atoms with E-state index in [1.54, 1.807) is 18.2 Å². The summed E-state index contributed by atoms with van der Waals surface area (Å²) in [4.78, 5) is 0. The largest absolute Gasteiger partial charge is 0.388 e. The predicted octanol–water partition coefficient (Wildman–Crippen LogP) is 4.55. The summed E-state index contributed by atoms with van der Waals surface area (Å²) in [5, 5.41) is 10.7. The van der Waals surface area contributed by atoms with Crippen LogP contribution in [-0.4, -0.2) is 5.11 Å². The van der Waals surface area contributed by atoms with Crippen LogP contribution in [0.15, 0.2) is 36.4 Å². The lowest BCUT2D eigenvalue weighted by Crippen LogP contribution is -2.06. The second-order valence-electron chi connectivity index (χ2n) is 4.07. The molecule has 0 aliphatic rings. The number of aliphatic hydroxyl groups is 1. The van der Waals surface area contributed by atoms with Gasteiger partial charge in [0, 0.05) is 22.0 Å². The molecular formula is C14H10Cl2F2O. The highest BCUT2D eigenvalue weighted by atomic mass is 35.5. The van der Waals surface area contributed by atoms with Gasteiger partial charge in [-0.05, 0) is 23.8 Å². The van der Waals surface area contributed by atoms with E-state index < -0.39 is 17.7 Å². The monoisotopic (exact) mass is 302 g/mol. The quantitative estimate of drug-likeness (QED) is 0.882. The van der Waals surface area contributed by atoms with Gasteiger partial charge in [0.2, 0.25) is 0 Å². The van der Waals surface area contributed by atoms with Crippen molar-refractivity contribution in [1.29, 1.82) is 0 Å². The number of halogens is 4. The highest BCUT2D eigenvalue weighted by Crippen LogP contribution is 2.32. The molecule has 0 saturated heterocycles. The van der Waals surface area contributed by atoms with E-state index in [1.807, 2.05) is 0 Å². The van der Waals surface area contributed by atoms with Crippen molar-refractivity contribution in [2.75, 3.05) is 0 Å². The van der Waals surface area contributed by atoms with Gasteiger partial charge < -0.3 is 5.11 Å². The van der Waals surface area contributed by atoms with Crippen LogP contribution in [-0.2, 0) is 6.42 Å². The fourth-order valence-electron chi connectivity index (χ4n) is 1.85. The SMILES string of the molecule is OC(Cc1cccc(F)c1F)c1c(Cl)cccc1Cl. The molecule has 0 bridgehead atoms. The van der Waals surface area contributed by atoms with Gasteiger partial charge in [-0.2, -0.15) is 0 Å². The number of rotatable bonds is 3. The van der Waals surface area contributed by atoms with Crippen LogP contribution in [0.3, 0.4) is 0 Å². The van der Waals surface area contributed by atoms with Gasteiger partial charge in [-0.25, -0.2) is 8.78 Å². The summed E-state index contributed by atoms with van der Waals surface area (Å²) >= 11 is 11.9. The lowest BCUT2D eigenvalue weighted by molar-refractivity contribution is 0.177. The molecule has 0 aliphatic carbocycles. The molecule has 0 fully saturated rings. The molecule has 0 amide bonds. The number of hydrogen-bond acceptors (Lipinski definition) is 1. The maximum atomic E-state index is 13.5. The normalized spacial score (nSPS) is 12.5. The average Bonchev–Trinajstić information content (AvgIpc) is 2.35. The van der Waals surface area contributed by atoms with Crippen molar-refractivity contribution < 1.29 is 13.9 Å². The second-order valence-corrected chi connectivity index (χ2v) is 4.88. The molecule has 0 heterocycles. The summed E-state index contributed by atoms with van der Waals surface area (Å²) in [5.74, 6) is -1.92. The van der Waals surface area contributed by atoms with Gasteiger partial charge in [-0.15, -0.1) is 0 Å². The first kappa shape index (κ1) is 14.3. The van der Waals surface area contributed by atoms with E-state index in [9.17, 15) is 13.9 Å². The molecule has 0 aromatic heterocycles. The van der Waals surface area contributed by atoms with Crippen molar-refractivity contribution in [2.24, 2.45) is 0 Å². The van der Waals surface area contributed by atoms with Crippen LogP contribution in [0.4, 0.5) is 8.78 Å². The van der Waals surface area contributed by atoms with Gasteiger partial charge in [0.1, 0.15) is 0 Å². The Morgan fingerprint density at radius 2 is 1.58 bits per heavy atom. The molecule has 1 nitrogen and oxygen atoms in total. The standard InChI is InChI=1S/C14H10Cl2F2O/c15-9-4-2-5-10(16)13(9)12(19)7-8-3-1-6-11(17)14(8)18/h1-6,12,19H,7H2. The minimum absolute atomic E-state index is 0.0727. The van der Waals surface area contributed by atoms with Gasteiger partial charge in [0.05, 0.1) is 6.10 Å². The van der Waals surface area contributed by atoms with Crippen molar-refractivity contribution in [1.82, 2.24) is 0 Å². The van der Waals surface area contributed by atoms with Crippen LogP contribution >= 0.6 is 23.2 Å². The van der Waals surface area contributed by atoms with Gasteiger partial charge in [-0.3, -0.25) is 0 Å². The minimum atomic E-state index is -1.10. The minimum Gasteiger partial charge on any atom is -0.388 e. The van der Waals surface area contributed by atoms with Crippen LogP contribution in [0, 0.1) is 11.6 Å². The molecule has 0 spiro atoms. The topological polar surface area (TPSA) is 20.2 Å². The Balaban J connectivity index is 2.31. The Hall–Kier alpha value is -1.16. The third-order valence-corrected chi connectivity index (χ3v) is 3.44. The summed E-state index contributed by atoms with van der Waals surface area (Å²) in [5.41, 5.74) is 0.387. The van der Waals surface area contributed by atoms with E-state index in [0.29, 0.717) is 5.56 Å². The Kier molecular flexibility index (Phi) is 4.40. The van der Waals surface area contributed by atoms with E-state index in [1.165, 1.54) is 12.1 Å². The third kappa shape index (κ3) is 3.06. The molecule has 2 rings (SSSR count). The molecule has 2 aromatic rings. The van der Waals surface area contributed by atoms with Gasteiger partial charge >= 0.3 is 0 Å². The maximum Gasteiger partial charge on any atom is 0.162 e. The Bertz CT molecular complexity index is 582. The predicted molar refractivity (Wildman–Crippen MR) is 71.5 cm³/mol. The van der Waals surface area contributed by atoms with Gasteiger partial charge in [0.25, 0.3) is 0 Å². The molecule has 0 saturated carbocycles. The Labute approximate surface area is 119 Å². The van der Waals surface area contributed by atoms with Gasteiger partial charge in [-0.1, -0.05) is 41.4 Å². The first-order valence-electron chi connectivity index (χ1n) is 5.55. The van der Waals surface area contributed by atoms with Gasteiger partial charge in [0.15, 0.2) is 11.6 Å². The molecule has 0 radical (unpaired) electrons. The van der Waals surface area contributed by atoms with E-state index in [2.05, 4.69) is 0 Å². The van der Waals surface area contributed by atoms with Crippen molar-refractivity contribution >= 4 is 23.2 Å².